The van der Waals surface area contributed by atoms with Gasteiger partial charge in [-0.25, -0.2) is 0 Å². The molecule has 0 aliphatic heterocycles. The minimum atomic E-state index is -0.0469. The highest BCUT2D eigenvalue weighted by atomic mass is 32.2. The van der Waals surface area contributed by atoms with Gasteiger partial charge in [0.2, 0.25) is 11.7 Å². The van der Waals surface area contributed by atoms with Crippen LogP contribution in [-0.2, 0) is 17.8 Å². The highest BCUT2D eigenvalue weighted by molar-refractivity contribution is 7.99. The number of amides is 1. The molecule has 172 valence electrons. The normalized spacial score (nSPS) is 11.3. The number of nitrogens with zero attached hydrogens (tertiary/aromatic N) is 4. The standard InChI is InChI=1S/C25H29N5O2S/c1-2-3-9-17-29-23(32)20-14-7-8-15-21(20)30-24(29)27-28-25(30)33-18-22(31)26-16-10-13-19-11-5-4-6-12-19/h4-8,11-12,14-15H,2-3,9-10,13,16-18H2,1H3,(H,26,31). The van der Waals surface area contributed by atoms with Crippen LogP contribution < -0.4 is 10.9 Å². The molecule has 0 aliphatic carbocycles. The molecule has 0 unspecified atom stereocenters. The summed E-state index contributed by atoms with van der Waals surface area (Å²) in [6.07, 6.45) is 4.86. The first-order valence-corrected chi connectivity index (χ1v) is 12.5. The van der Waals surface area contributed by atoms with Gasteiger partial charge >= 0.3 is 0 Å². The van der Waals surface area contributed by atoms with Crippen molar-refractivity contribution >= 4 is 34.3 Å². The van der Waals surface area contributed by atoms with E-state index >= 15 is 0 Å². The fraction of sp³-hybridized carbons (Fsp3) is 0.360. The van der Waals surface area contributed by atoms with Gasteiger partial charge in [0.05, 0.1) is 16.7 Å². The lowest BCUT2D eigenvalue weighted by Crippen LogP contribution is -2.26. The number of thioether (sulfide) groups is 1. The number of carbonyl (C=O) groups excluding carboxylic acids is 1. The van der Waals surface area contributed by atoms with Gasteiger partial charge < -0.3 is 5.32 Å². The lowest BCUT2D eigenvalue weighted by atomic mass is 10.1. The van der Waals surface area contributed by atoms with Crippen LogP contribution in [0, 0.1) is 0 Å². The van der Waals surface area contributed by atoms with Crippen molar-refractivity contribution in [1.82, 2.24) is 24.5 Å². The minimum absolute atomic E-state index is 0.0367. The zero-order valence-electron chi connectivity index (χ0n) is 18.9. The SMILES string of the molecule is CCCCCn1c(=O)c2ccccc2n2c(SCC(=O)NCCCc3ccccc3)nnc12. The Balaban J connectivity index is 1.45. The molecule has 1 N–H and O–H groups in total. The number of unbranched alkanes of at least 4 members (excludes halogenated alkanes) is 2. The predicted octanol–water partition coefficient (Wildman–Crippen LogP) is 4.08. The summed E-state index contributed by atoms with van der Waals surface area (Å²) < 4.78 is 3.61. The molecule has 0 aliphatic rings. The van der Waals surface area contributed by atoms with E-state index in [0.717, 1.165) is 37.6 Å². The lowest BCUT2D eigenvalue weighted by molar-refractivity contribution is -0.118. The average Bonchev–Trinajstić information content (AvgIpc) is 3.27. The Labute approximate surface area is 197 Å². The number of aryl methyl sites for hydroxylation is 2. The average molecular weight is 464 g/mol. The summed E-state index contributed by atoms with van der Waals surface area (Å²) in [5, 5.41) is 12.9. The Morgan fingerprint density at radius 2 is 1.79 bits per heavy atom. The molecule has 4 rings (SSSR count). The summed E-state index contributed by atoms with van der Waals surface area (Å²) in [7, 11) is 0. The second-order valence-corrected chi connectivity index (χ2v) is 8.97. The van der Waals surface area contributed by atoms with Gasteiger partial charge in [-0.3, -0.25) is 18.6 Å². The van der Waals surface area contributed by atoms with Crippen molar-refractivity contribution in [1.29, 1.82) is 0 Å². The molecule has 7 nitrogen and oxygen atoms in total. The van der Waals surface area contributed by atoms with E-state index in [4.69, 9.17) is 0 Å². The Morgan fingerprint density at radius 1 is 1.00 bits per heavy atom. The first-order chi connectivity index (χ1) is 16.2. The number of aromatic nitrogens is 4. The molecule has 0 saturated heterocycles. The van der Waals surface area contributed by atoms with Gasteiger partial charge in [0.1, 0.15) is 0 Å². The number of carbonyl (C=O) groups is 1. The second kappa shape index (κ2) is 11.1. The quantitative estimate of drug-likeness (QED) is 0.268. The van der Waals surface area contributed by atoms with Crippen molar-refractivity contribution < 1.29 is 4.79 Å². The van der Waals surface area contributed by atoms with Crippen molar-refractivity contribution in [3.05, 3.63) is 70.5 Å². The van der Waals surface area contributed by atoms with E-state index in [-0.39, 0.29) is 17.2 Å². The molecule has 4 aromatic rings. The summed E-state index contributed by atoms with van der Waals surface area (Å²) in [6, 6.07) is 17.8. The van der Waals surface area contributed by atoms with Crippen molar-refractivity contribution in [2.75, 3.05) is 12.3 Å². The van der Waals surface area contributed by atoms with Gasteiger partial charge in [-0.05, 0) is 37.0 Å². The highest BCUT2D eigenvalue weighted by Gasteiger charge is 2.17. The van der Waals surface area contributed by atoms with Crippen LogP contribution >= 0.6 is 11.8 Å². The van der Waals surface area contributed by atoms with E-state index in [1.807, 2.05) is 46.9 Å². The van der Waals surface area contributed by atoms with E-state index in [1.165, 1.54) is 17.3 Å². The minimum Gasteiger partial charge on any atom is -0.355 e. The maximum absolute atomic E-state index is 13.1. The summed E-state index contributed by atoms with van der Waals surface area (Å²) in [5.74, 6) is 0.737. The topological polar surface area (TPSA) is 81.3 Å². The number of rotatable bonds is 11. The third kappa shape index (κ3) is 5.45. The molecular weight excluding hydrogens is 434 g/mol. The summed E-state index contributed by atoms with van der Waals surface area (Å²) in [5.41, 5.74) is 1.99. The number of benzene rings is 2. The Kier molecular flexibility index (Phi) is 7.78. The van der Waals surface area contributed by atoms with Gasteiger partial charge in [0.15, 0.2) is 5.16 Å². The van der Waals surface area contributed by atoms with Gasteiger partial charge in [-0.1, -0.05) is 74.0 Å². The monoisotopic (exact) mass is 463 g/mol. The molecule has 0 spiro atoms. The molecule has 2 heterocycles. The zero-order chi connectivity index (χ0) is 23.0. The van der Waals surface area contributed by atoms with Crippen molar-refractivity contribution in [3.63, 3.8) is 0 Å². The van der Waals surface area contributed by atoms with Crippen molar-refractivity contribution in [2.24, 2.45) is 0 Å². The third-order valence-electron chi connectivity index (χ3n) is 5.60. The molecule has 0 atom stereocenters. The van der Waals surface area contributed by atoms with Crippen LogP contribution in [0.15, 0.2) is 64.5 Å². The Hall–Kier alpha value is -3.13. The van der Waals surface area contributed by atoms with Crippen LogP contribution in [0.2, 0.25) is 0 Å². The Bertz CT molecular complexity index is 1280. The molecule has 1 amide bonds. The molecule has 0 radical (unpaired) electrons. The Morgan fingerprint density at radius 3 is 2.61 bits per heavy atom. The maximum atomic E-state index is 13.1. The van der Waals surface area contributed by atoms with Gasteiger partial charge in [-0.2, -0.15) is 0 Å². The predicted molar refractivity (Wildman–Crippen MR) is 133 cm³/mol. The van der Waals surface area contributed by atoms with E-state index in [2.05, 4.69) is 34.6 Å². The second-order valence-electron chi connectivity index (χ2n) is 8.03. The highest BCUT2D eigenvalue weighted by Crippen LogP contribution is 2.21. The zero-order valence-corrected chi connectivity index (χ0v) is 19.7. The van der Waals surface area contributed by atoms with Gasteiger partial charge in [0, 0.05) is 13.1 Å². The van der Waals surface area contributed by atoms with Crippen molar-refractivity contribution in [2.45, 2.75) is 50.7 Å². The number of hydrogen-bond acceptors (Lipinski definition) is 5. The molecule has 8 heteroatoms. The molecule has 0 bridgehead atoms. The molecular formula is C25H29N5O2S. The number of para-hydroxylation sites is 1. The molecule has 2 aromatic carbocycles. The van der Waals surface area contributed by atoms with Crippen LogP contribution in [0.5, 0.6) is 0 Å². The van der Waals surface area contributed by atoms with E-state index in [0.29, 0.717) is 29.4 Å². The van der Waals surface area contributed by atoms with Gasteiger partial charge in [-0.15, -0.1) is 10.2 Å². The van der Waals surface area contributed by atoms with Crippen LogP contribution in [0.1, 0.15) is 38.2 Å². The summed E-state index contributed by atoms with van der Waals surface area (Å²) >= 11 is 1.34. The number of hydrogen-bond donors (Lipinski definition) is 1. The smallest absolute Gasteiger partial charge is 0.262 e. The van der Waals surface area contributed by atoms with Gasteiger partial charge in [0.25, 0.3) is 5.56 Å². The molecule has 0 saturated carbocycles. The summed E-state index contributed by atoms with van der Waals surface area (Å²) in [4.78, 5) is 25.5. The number of nitrogens with one attached hydrogen (secondary N) is 1. The van der Waals surface area contributed by atoms with Crippen LogP contribution in [0.3, 0.4) is 0 Å². The third-order valence-corrected chi connectivity index (χ3v) is 6.53. The van der Waals surface area contributed by atoms with E-state index in [9.17, 15) is 9.59 Å². The van der Waals surface area contributed by atoms with E-state index in [1.54, 1.807) is 4.57 Å². The maximum Gasteiger partial charge on any atom is 0.262 e. The van der Waals surface area contributed by atoms with Crippen molar-refractivity contribution in [3.8, 4) is 0 Å². The molecule has 2 aromatic heterocycles. The molecule has 0 fully saturated rings. The number of fused-ring (bicyclic) bond motifs is 3. The van der Waals surface area contributed by atoms with E-state index < -0.39 is 0 Å². The molecule has 33 heavy (non-hydrogen) atoms. The summed E-state index contributed by atoms with van der Waals surface area (Å²) in [6.45, 7) is 3.37. The fourth-order valence-corrected chi connectivity index (χ4v) is 4.66. The lowest BCUT2D eigenvalue weighted by Gasteiger charge is -2.11. The first kappa shape index (κ1) is 23.0. The van der Waals surface area contributed by atoms with Crippen LogP contribution in [0.25, 0.3) is 16.7 Å². The van der Waals surface area contributed by atoms with Crippen LogP contribution in [0.4, 0.5) is 0 Å². The first-order valence-electron chi connectivity index (χ1n) is 11.5. The largest absolute Gasteiger partial charge is 0.355 e. The van der Waals surface area contributed by atoms with Crippen LogP contribution in [-0.4, -0.2) is 37.4 Å². The fourth-order valence-electron chi connectivity index (χ4n) is 3.89.